The highest BCUT2D eigenvalue weighted by Gasteiger charge is 2.34. The highest BCUT2D eigenvalue weighted by atomic mass is 16.5. The van der Waals surface area contributed by atoms with Crippen molar-refractivity contribution in [1.82, 2.24) is 10.2 Å². The topological polar surface area (TPSA) is 90.2 Å². The summed E-state index contributed by atoms with van der Waals surface area (Å²) in [6.45, 7) is 0.282. The Balaban J connectivity index is 1.67. The molecule has 1 aliphatic rings. The molecule has 8 nitrogen and oxygen atoms in total. The number of benzene rings is 2. The van der Waals surface area contributed by atoms with Crippen LogP contribution in [0.4, 0.5) is 0 Å². The van der Waals surface area contributed by atoms with Crippen LogP contribution in [0.5, 0.6) is 17.2 Å². The first-order chi connectivity index (χ1) is 18.5. The zero-order valence-electron chi connectivity index (χ0n) is 22.3. The number of hydrogen-bond donors (Lipinski definition) is 1. The third-order valence-electron chi connectivity index (χ3n) is 7.03. The van der Waals surface area contributed by atoms with E-state index in [0.717, 1.165) is 31.2 Å². The number of nitrogens with zero attached hydrogens (tertiary/aromatic N) is 1. The van der Waals surface area contributed by atoms with Crippen molar-refractivity contribution in [1.29, 1.82) is 0 Å². The van der Waals surface area contributed by atoms with Crippen molar-refractivity contribution in [2.45, 2.75) is 50.6 Å². The summed E-state index contributed by atoms with van der Waals surface area (Å²) in [6.07, 6.45) is 7.21. The van der Waals surface area contributed by atoms with Crippen LogP contribution < -0.4 is 19.5 Å². The van der Waals surface area contributed by atoms with Crippen LogP contribution in [0.2, 0.25) is 0 Å². The van der Waals surface area contributed by atoms with Crippen LogP contribution in [0.3, 0.4) is 0 Å². The Morgan fingerprint density at radius 2 is 1.68 bits per heavy atom. The quantitative estimate of drug-likeness (QED) is 0.375. The number of hydrogen-bond acceptors (Lipinski definition) is 6. The van der Waals surface area contributed by atoms with Crippen LogP contribution in [-0.4, -0.2) is 50.6 Å². The molecule has 0 spiro atoms. The largest absolute Gasteiger partial charge is 0.497 e. The summed E-state index contributed by atoms with van der Waals surface area (Å²) < 4.78 is 21.6. The summed E-state index contributed by atoms with van der Waals surface area (Å²) in [6, 6.07) is 15.5. The van der Waals surface area contributed by atoms with Crippen molar-refractivity contribution in [3.63, 3.8) is 0 Å². The van der Waals surface area contributed by atoms with Crippen LogP contribution in [0.15, 0.2) is 65.3 Å². The standard InChI is InChI=1S/C30H36N2O6/c1-35-24-14-12-22(13-15-24)28(29(33)31-23-8-5-4-6-9-23)32(30(34)26-10-7-19-38-26)18-17-21-11-16-25(36-2)27(20-21)37-3/h7,10-16,19-20,23,28H,4-6,8-9,17-18H2,1-3H3,(H,31,33)/t28-/m0/s1. The molecule has 8 heteroatoms. The van der Waals surface area contributed by atoms with Gasteiger partial charge in [0.25, 0.3) is 5.91 Å². The summed E-state index contributed by atoms with van der Waals surface area (Å²) in [4.78, 5) is 29.2. The van der Waals surface area contributed by atoms with Gasteiger partial charge in [-0.1, -0.05) is 37.5 Å². The van der Waals surface area contributed by atoms with Crippen LogP contribution in [0, 0.1) is 0 Å². The molecule has 1 atom stereocenters. The minimum atomic E-state index is -0.847. The van der Waals surface area contributed by atoms with E-state index in [4.69, 9.17) is 18.6 Å². The molecule has 0 saturated heterocycles. The van der Waals surface area contributed by atoms with Gasteiger partial charge >= 0.3 is 0 Å². The van der Waals surface area contributed by atoms with Crippen molar-refractivity contribution >= 4 is 11.8 Å². The lowest BCUT2D eigenvalue weighted by molar-refractivity contribution is -0.126. The zero-order valence-corrected chi connectivity index (χ0v) is 22.3. The number of ether oxygens (including phenoxy) is 3. The van der Waals surface area contributed by atoms with Crippen LogP contribution in [-0.2, 0) is 11.2 Å². The smallest absolute Gasteiger partial charge is 0.290 e. The molecule has 0 unspecified atom stereocenters. The Morgan fingerprint density at radius 3 is 2.32 bits per heavy atom. The molecule has 0 radical (unpaired) electrons. The van der Waals surface area contributed by atoms with Gasteiger partial charge in [-0.3, -0.25) is 9.59 Å². The molecule has 1 aliphatic carbocycles. The van der Waals surface area contributed by atoms with Gasteiger partial charge in [0.2, 0.25) is 5.91 Å². The fourth-order valence-corrected chi connectivity index (χ4v) is 4.96. The van der Waals surface area contributed by atoms with Crippen molar-refractivity contribution in [3.8, 4) is 17.2 Å². The minimum Gasteiger partial charge on any atom is -0.497 e. The van der Waals surface area contributed by atoms with E-state index in [0.29, 0.717) is 29.2 Å². The molecule has 0 bridgehead atoms. The van der Waals surface area contributed by atoms with Gasteiger partial charge in [0.1, 0.15) is 11.8 Å². The van der Waals surface area contributed by atoms with E-state index in [-0.39, 0.29) is 30.2 Å². The SMILES string of the molecule is COc1ccc([C@@H](C(=O)NC2CCCCC2)N(CCc2ccc(OC)c(OC)c2)C(=O)c2ccco2)cc1. The lowest BCUT2D eigenvalue weighted by atomic mass is 9.94. The second-order valence-electron chi connectivity index (χ2n) is 9.43. The van der Waals surface area contributed by atoms with E-state index in [1.165, 1.54) is 12.7 Å². The highest BCUT2D eigenvalue weighted by Crippen LogP contribution is 2.30. The van der Waals surface area contributed by atoms with E-state index >= 15 is 0 Å². The van der Waals surface area contributed by atoms with Crippen molar-refractivity contribution < 1.29 is 28.2 Å². The third-order valence-corrected chi connectivity index (χ3v) is 7.03. The number of methoxy groups -OCH3 is 3. The number of furan rings is 1. The monoisotopic (exact) mass is 520 g/mol. The molecule has 1 saturated carbocycles. The van der Waals surface area contributed by atoms with Gasteiger partial charge in [0, 0.05) is 12.6 Å². The predicted molar refractivity (Wildman–Crippen MR) is 144 cm³/mol. The number of carbonyl (C=O) groups excluding carboxylic acids is 2. The molecule has 3 aromatic rings. The van der Waals surface area contributed by atoms with Crippen LogP contribution >= 0.6 is 0 Å². The van der Waals surface area contributed by atoms with Gasteiger partial charge < -0.3 is 28.8 Å². The van der Waals surface area contributed by atoms with Gasteiger partial charge in [-0.25, -0.2) is 0 Å². The Morgan fingerprint density at radius 1 is 0.947 bits per heavy atom. The third kappa shape index (κ3) is 6.49. The number of rotatable bonds is 11. The first-order valence-electron chi connectivity index (χ1n) is 13.0. The molecule has 2 aromatic carbocycles. The van der Waals surface area contributed by atoms with Gasteiger partial charge in [-0.15, -0.1) is 0 Å². The maximum atomic E-state index is 13.9. The molecule has 1 fully saturated rings. The molecule has 1 N–H and O–H groups in total. The summed E-state index contributed by atoms with van der Waals surface area (Å²) in [7, 11) is 4.77. The van der Waals surface area contributed by atoms with Gasteiger partial charge in [0.15, 0.2) is 17.3 Å². The van der Waals surface area contributed by atoms with Gasteiger partial charge in [0.05, 0.1) is 27.6 Å². The summed E-state index contributed by atoms with van der Waals surface area (Å²) in [5.74, 6) is 1.54. The molecule has 1 heterocycles. The van der Waals surface area contributed by atoms with Crippen LogP contribution in [0.25, 0.3) is 0 Å². The Bertz CT molecular complexity index is 1190. The Hall–Kier alpha value is -3.94. The predicted octanol–water partition coefficient (Wildman–Crippen LogP) is 5.18. The van der Waals surface area contributed by atoms with Crippen molar-refractivity contribution in [2.75, 3.05) is 27.9 Å². The zero-order chi connectivity index (χ0) is 26.9. The van der Waals surface area contributed by atoms with E-state index in [2.05, 4.69) is 5.32 Å². The Kier molecular flexibility index (Phi) is 9.30. The number of amides is 2. The van der Waals surface area contributed by atoms with E-state index < -0.39 is 6.04 Å². The second-order valence-corrected chi connectivity index (χ2v) is 9.43. The number of nitrogens with one attached hydrogen (secondary N) is 1. The maximum absolute atomic E-state index is 13.9. The maximum Gasteiger partial charge on any atom is 0.290 e. The van der Waals surface area contributed by atoms with Gasteiger partial charge in [-0.05, 0) is 66.8 Å². The van der Waals surface area contributed by atoms with Crippen LogP contribution in [0.1, 0.15) is 59.8 Å². The molecule has 202 valence electrons. The average Bonchev–Trinajstić information content (AvgIpc) is 3.50. The molecular formula is C30H36N2O6. The van der Waals surface area contributed by atoms with E-state index in [1.807, 2.05) is 30.3 Å². The summed E-state index contributed by atoms with van der Waals surface area (Å²) in [5.41, 5.74) is 1.65. The van der Waals surface area contributed by atoms with E-state index in [9.17, 15) is 9.59 Å². The average molecular weight is 521 g/mol. The molecule has 38 heavy (non-hydrogen) atoms. The lowest BCUT2D eigenvalue weighted by Gasteiger charge is -2.33. The fourth-order valence-electron chi connectivity index (χ4n) is 4.96. The molecule has 1 aromatic heterocycles. The second kappa shape index (κ2) is 13.0. The normalized spacial score (nSPS) is 14.4. The molecular weight excluding hydrogens is 484 g/mol. The van der Waals surface area contributed by atoms with E-state index in [1.54, 1.807) is 50.5 Å². The first-order valence-corrected chi connectivity index (χ1v) is 13.0. The highest BCUT2D eigenvalue weighted by molar-refractivity contribution is 5.96. The van der Waals surface area contributed by atoms with Crippen molar-refractivity contribution in [2.24, 2.45) is 0 Å². The molecule has 2 amide bonds. The van der Waals surface area contributed by atoms with Crippen molar-refractivity contribution in [3.05, 3.63) is 77.7 Å². The lowest BCUT2D eigenvalue weighted by Crippen LogP contribution is -2.47. The fraction of sp³-hybridized carbons (Fsp3) is 0.400. The molecule has 4 rings (SSSR count). The molecule has 0 aliphatic heterocycles. The number of carbonyl (C=O) groups is 2. The summed E-state index contributed by atoms with van der Waals surface area (Å²) >= 11 is 0. The summed E-state index contributed by atoms with van der Waals surface area (Å²) in [5, 5.41) is 3.23. The Labute approximate surface area is 223 Å². The first kappa shape index (κ1) is 27.1. The minimum absolute atomic E-state index is 0.100. The van der Waals surface area contributed by atoms with Gasteiger partial charge in [-0.2, -0.15) is 0 Å².